The Balaban J connectivity index is 2.46. The Bertz CT molecular complexity index is 368. The molecular formula is C17H28ClNO2. The first-order valence-electron chi connectivity index (χ1n) is 7.66. The van der Waals surface area contributed by atoms with E-state index in [9.17, 15) is 0 Å². The number of rotatable bonds is 11. The summed E-state index contributed by atoms with van der Waals surface area (Å²) in [4.78, 5) is 0. The van der Waals surface area contributed by atoms with E-state index < -0.39 is 0 Å². The lowest BCUT2D eigenvalue weighted by molar-refractivity contribution is 0.0669. The van der Waals surface area contributed by atoms with E-state index in [1.165, 1.54) is 5.56 Å². The molecule has 21 heavy (non-hydrogen) atoms. The van der Waals surface area contributed by atoms with E-state index in [-0.39, 0.29) is 0 Å². The lowest BCUT2D eigenvalue weighted by Gasteiger charge is -2.19. The maximum atomic E-state index is 5.97. The molecule has 1 rings (SSSR count). The third-order valence-corrected chi connectivity index (χ3v) is 3.58. The molecule has 0 saturated heterocycles. The van der Waals surface area contributed by atoms with Gasteiger partial charge in [0.25, 0.3) is 0 Å². The minimum atomic E-state index is 0.448. The van der Waals surface area contributed by atoms with Crippen molar-refractivity contribution >= 4 is 11.6 Å². The van der Waals surface area contributed by atoms with E-state index in [2.05, 4.69) is 31.3 Å². The highest BCUT2D eigenvalue weighted by Gasteiger charge is 2.11. The summed E-state index contributed by atoms with van der Waals surface area (Å²) in [5.41, 5.74) is 1.31. The normalized spacial score (nSPS) is 12.8. The summed E-state index contributed by atoms with van der Waals surface area (Å²) in [6.07, 6.45) is 0.996. The van der Waals surface area contributed by atoms with Gasteiger partial charge in [0.05, 0.1) is 13.2 Å². The molecule has 0 bridgehead atoms. The molecule has 0 fully saturated rings. The molecule has 3 nitrogen and oxygen atoms in total. The quantitative estimate of drug-likeness (QED) is 0.632. The second-order valence-electron chi connectivity index (χ2n) is 5.69. The van der Waals surface area contributed by atoms with Crippen LogP contribution in [-0.2, 0) is 9.47 Å². The predicted molar refractivity (Wildman–Crippen MR) is 89.2 cm³/mol. The number of methoxy groups -OCH3 is 1. The van der Waals surface area contributed by atoms with Gasteiger partial charge in [-0.05, 0) is 42.5 Å². The van der Waals surface area contributed by atoms with E-state index in [0.29, 0.717) is 25.0 Å². The molecule has 0 aliphatic carbocycles. The monoisotopic (exact) mass is 313 g/mol. The first kappa shape index (κ1) is 18.4. The van der Waals surface area contributed by atoms with Gasteiger partial charge in [-0.1, -0.05) is 37.6 Å². The lowest BCUT2D eigenvalue weighted by atomic mass is 9.96. The van der Waals surface area contributed by atoms with Crippen molar-refractivity contribution in [2.24, 2.45) is 5.92 Å². The fourth-order valence-electron chi connectivity index (χ4n) is 2.14. The summed E-state index contributed by atoms with van der Waals surface area (Å²) in [6.45, 7) is 8.50. The number of halogens is 1. The minimum Gasteiger partial charge on any atom is -0.382 e. The first-order chi connectivity index (χ1) is 10.1. The molecule has 0 heterocycles. The molecule has 1 aromatic rings. The minimum absolute atomic E-state index is 0.448. The Kier molecular flexibility index (Phi) is 9.68. The van der Waals surface area contributed by atoms with Gasteiger partial charge in [0.1, 0.15) is 0 Å². The Morgan fingerprint density at radius 3 is 2.38 bits per heavy atom. The highest BCUT2D eigenvalue weighted by Crippen LogP contribution is 2.21. The maximum Gasteiger partial charge on any atom is 0.0700 e. The third-order valence-electron chi connectivity index (χ3n) is 3.33. The smallest absolute Gasteiger partial charge is 0.0700 e. The van der Waals surface area contributed by atoms with Crippen LogP contribution in [0.3, 0.4) is 0 Å². The predicted octanol–water partition coefficient (Wildman–Crippen LogP) is 3.72. The summed E-state index contributed by atoms with van der Waals surface area (Å²) >= 11 is 5.97. The fraction of sp³-hybridized carbons (Fsp3) is 0.647. The molecule has 1 aromatic carbocycles. The zero-order chi connectivity index (χ0) is 15.5. The number of hydrogen-bond acceptors (Lipinski definition) is 3. The summed E-state index contributed by atoms with van der Waals surface area (Å²) in [5, 5.41) is 4.32. The molecule has 4 heteroatoms. The zero-order valence-electron chi connectivity index (χ0n) is 13.4. The van der Waals surface area contributed by atoms with Crippen molar-refractivity contribution in [1.29, 1.82) is 0 Å². The first-order valence-corrected chi connectivity index (χ1v) is 8.04. The molecule has 0 aliphatic rings. The van der Waals surface area contributed by atoms with Gasteiger partial charge in [-0.15, -0.1) is 0 Å². The molecule has 1 N–H and O–H groups in total. The lowest BCUT2D eigenvalue weighted by Crippen LogP contribution is -2.26. The highest BCUT2D eigenvalue weighted by molar-refractivity contribution is 6.30. The summed E-state index contributed by atoms with van der Waals surface area (Å²) in [7, 11) is 1.69. The average Bonchev–Trinajstić information content (AvgIpc) is 2.46. The molecule has 1 atom stereocenters. The molecular weight excluding hydrogens is 286 g/mol. The van der Waals surface area contributed by atoms with Crippen LogP contribution < -0.4 is 5.32 Å². The summed E-state index contributed by atoms with van der Waals surface area (Å²) in [6, 6.07) is 8.13. The van der Waals surface area contributed by atoms with Crippen molar-refractivity contribution < 1.29 is 9.47 Å². The van der Waals surface area contributed by atoms with Crippen LogP contribution in [0.15, 0.2) is 24.3 Å². The van der Waals surface area contributed by atoms with E-state index in [1.54, 1.807) is 7.11 Å². The van der Waals surface area contributed by atoms with E-state index >= 15 is 0 Å². The standard InChI is InChI=1S/C17H28ClNO2/c1-14(2)12-19-13-16(8-9-21-11-10-20-3)15-4-6-17(18)7-5-15/h4-7,14,16,19H,8-13H2,1-3H3. The maximum absolute atomic E-state index is 5.97. The number of ether oxygens (including phenoxy) is 2. The Hall–Kier alpha value is -0.610. The molecule has 0 aromatic heterocycles. The van der Waals surface area contributed by atoms with Crippen LogP contribution in [-0.4, -0.2) is 40.0 Å². The molecule has 0 saturated carbocycles. The van der Waals surface area contributed by atoms with Gasteiger partial charge in [0.15, 0.2) is 0 Å². The summed E-state index contributed by atoms with van der Waals surface area (Å²) < 4.78 is 10.6. The second kappa shape index (κ2) is 11.0. The van der Waals surface area contributed by atoms with Gasteiger partial charge >= 0.3 is 0 Å². The van der Waals surface area contributed by atoms with Gasteiger partial charge in [-0.3, -0.25) is 0 Å². The van der Waals surface area contributed by atoms with E-state index in [0.717, 1.165) is 31.1 Å². The second-order valence-corrected chi connectivity index (χ2v) is 6.13. The van der Waals surface area contributed by atoms with Gasteiger partial charge < -0.3 is 14.8 Å². The number of benzene rings is 1. The van der Waals surface area contributed by atoms with E-state index in [1.807, 2.05) is 12.1 Å². The number of hydrogen-bond donors (Lipinski definition) is 1. The van der Waals surface area contributed by atoms with Crippen molar-refractivity contribution in [3.63, 3.8) is 0 Å². The molecule has 0 amide bonds. The molecule has 0 aliphatic heterocycles. The molecule has 120 valence electrons. The SMILES string of the molecule is COCCOCCC(CNCC(C)C)c1ccc(Cl)cc1. The van der Waals surface area contributed by atoms with Crippen LogP contribution in [0.4, 0.5) is 0 Å². The molecule has 0 radical (unpaired) electrons. The number of nitrogens with one attached hydrogen (secondary N) is 1. The summed E-state index contributed by atoms with van der Waals surface area (Å²) in [5.74, 6) is 1.11. The van der Waals surface area contributed by atoms with Crippen LogP contribution >= 0.6 is 11.6 Å². The molecule has 1 unspecified atom stereocenters. The van der Waals surface area contributed by atoms with Crippen LogP contribution in [0.25, 0.3) is 0 Å². The van der Waals surface area contributed by atoms with Crippen molar-refractivity contribution in [3.8, 4) is 0 Å². The third kappa shape index (κ3) is 8.42. The highest BCUT2D eigenvalue weighted by atomic mass is 35.5. The van der Waals surface area contributed by atoms with Crippen molar-refractivity contribution in [2.45, 2.75) is 26.2 Å². The van der Waals surface area contributed by atoms with Crippen LogP contribution in [0, 0.1) is 5.92 Å². The Morgan fingerprint density at radius 2 is 1.76 bits per heavy atom. The molecule has 0 spiro atoms. The van der Waals surface area contributed by atoms with Gasteiger partial charge in [0.2, 0.25) is 0 Å². The van der Waals surface area contributed by atoms with Crippen molar-refractivity contribution in [3.05, 3.63) is 34.9 Å². The van der Waals surface area contributed by atoms with E-state index in [4.69, 9.17) is 21.1 Å². The Morgan fingerprint density at radius 1 is 1.05 bits per heavy atom. The zero-order valence-corrected chi connectivity index (χ0v) is 14.2. The Labute approximate surface area is 134 Å². The topological polar surface area (TPSA) is 30.5 Å². The van der Waals surface area contributed by atoms with Gasteiger partial charge in [0, 0.05) is 25.3 Å². The van der Waals surface area contributed by atoms with Crippen LogP contribution in [0.2, 0.25) is 5.02 Å². The van der Waals surface area contributed by atoms with Crippen molar-refractivity contribution in [1.82, 2.24) is 5.32 Å². The van der Waals surface area contributed by atoms with Crippen LogP contribution in [0.1, 0.15) is 31.7 Å². The fourth-order valence-corrected chi connectivity index (χ4v) is 2.26. The van der Waals surface area contributed by atoms with Crippen molar-refractivity contribution in [2.75, 3.05) is 40.0 Å². The van der Waals surface area contributed by atoms with Crippen LogP contribution in [0.5, 0.6) is 0 Å². The van der Waals surface area contributed by atoms with Gasteiger partial charge in [-0.2, -0.15) is 0 Å². The average molecular weight is 314 g/mol. The van der Waals surface area contributed by atoms with Gasteiger partial charge in [-0.25, -0.2) is 0 Å². The largest absolute Gasteiger partial charge is 0.382 e.